The molecule has 1 atom stereocenters. The number of rotatable bonds is 3. The molecule has 0 unspecified atom stereocenters. The summed E-state index contributed by atoms with van der Waals surface area (Å²) in [6.45, 7) is 2.01. The van der Waals surface area contributed by atoms with Crippen LogP contribution in [0.4, 0.5) is 0 Å². The molecule has 6 aromatic rings. The number of hydrogen-bond acceptors (Lipinski definition) is 6. The van der Waals surface area contributed by atoms with Crippen LogP contribution in [-0.2, 0) is 0 Å². The third kappa shape index (κ3) is 3.03. The fourth-order valence-corrected chi connectivity index (χ4v) is 4.70. The lowest BCUT2D eigenvalue weighted by atomic mass is 9.84. The molecule has 0 radical (unpaired) electrons. The quantitative estimate of drug-likeness (QED) is 0.373. The molecule has 0 spiro atoms. The van der Waals surface area contributed by atoms with E-state index in [2.05, 4.69) is 27.2 Å². The lowest BCUT2D eigenvalue weighted by molar-refractivity contribution is 0.402. The Kier molecular flexibility index (Phi) is 4.25. The number of aromatic nitrogens is 7. The second-order valence-corrected chi connectivity index (χ2v) is 8.38. The molecule has 35 heavy (non-hydrogen) atoms. The second kappa shape index (κ2) is 7.59. The van der Waals surface area contributed by atoms with Gasteiger partial charge in [-0.15, -0.1) is 5.10 Å². The fourth-order valence-electron chi connectivity index (χ4n) is 4.70. The van der Waals surface area contributed by atoms with Gasteiger partial charge in [0, 0.05) is 6.20 Å². The van der Waals surface area contributed by atoms with E-state index in [9.17, 15) is 0 Å². The summed E-state index contributed by atoms with van der Waals surface area (Å²) >= 11 is 0. The standard InChI is InChI=1S/C27H19N7O/c1-17-21-22(18-10-4-2-5-11-18)23-25-30-24(20-14-8-9-15-28-20)32-33(25)16-29-26(23)35-27(21)34(31-17)19-12-6-3-7-13-19/h2-16,22H,1H3/t22-/m0/s1. The second-order valence-electron chi connectivity index (χ2n) is 8.38. The SMILES string of the molecule is Cc1nn(-c2ccccc2)c2c1[C@H](c1ccccc1)c1c(ncn3nc(-c4ccccn4)nc13)O2. The first-order valence-corrected chi connectivity index (χ1v) is 11.3. The average Bonchev–Trinajstić information content (AvgIpc) is 3.50. The summed E-state index contributed by atoms with van der Waals surface area (Å²) < 4.78 is 10.00. The van der Waals surface area contributed by atoms with Crippen LogP contribution in [-0.4, -0.2) is 34.3 Å². The molecule has 0 amide bonds. The van der Waals surface area contributed by atoms with Gasteiger partial charge in [0.05, 0.1) is 28.4 Å². The highest BCUT2D eigenvalue weighted by Crippen LogP contribution is 2.49. The van der Waals surface area contributed by atoms with E-state index in [1.165, 1.54) is 0 Å². The van der Waals surface area contributed by atoms with Gasteiger partial charge in [-0.25, -0.2) is 19.2 Å². The number of ether oxygens (including phenoxy) is 1. The number of nitrogens with zero attached hydrogens (tertiary/aromatic N) is 7. The maximum atomic E-state index is 6.45. The monoisotopic (exact) mass is 457 g/mol. The summed E-state index contributed by atoms with van der Waals surface area (Å²) in [6, 6.07) is 26.0. The highest BCUT2D eigenvalue weighted by molar-refractivity contribution is 5.68. The van der Waals surface area contributed by atoms with E-state index in [-0.39, 0.29) is 5.92 Å². The van der Waals surface area contributed by atoms with Crippen molar-refractivity contribution in [1.29, 1.82) is 0 Å². The largest absolute Gasteiger partial charge is 0.420 e. The third-order valence-electron chi connectivity index (χ3n) is 6.25. The minimum absolute atomic E-state index is 0.176. The molecule has 0 fully saturated rings. The molecular weight excluding hydrogens is 438 g/mol. The molecule has 2 aromatic carbocycles. The zero-order valence-electron chi connectivity index (χ0n) is 18.8. The molecule has 168 valence electrons. The Morgan fingerprint density at radius 1 is 0.800 bits per heavy atom. The first kappa shape index (κ1) is 19.6. The summed E-state index contributed by atoms with van der Waals surface area (Å²) in [6.07, 6.45) is 3.37. The number of aryl methyl sites for hydroxylation is 1. The highest BCUT2D eigenvalue weighted by Gasteiger charge is 2.38. The predicted octanol–water partition coefficient (Wildman–Crippen LogP) is 4.97. The first-order valence-electron chi connectivity index (χ1n) is 11.3. The lowest BCUT2D eigenvalue weighted by Crippen LogP contribution is -2.16. The summed E-state index contributed by atoms with van der Waals surface area (Å²) in [5.41, 5.74) is 6.14. The molecule has 0 saturated heterocycles. The van der Waals surface area contributed by atoms with Crippen molar-refractivity contribution >= 4 is 5.65 Å². The molecule has 5 heterocycles. The Morgan fingerprint density at radius 2 is 1.57 bits per heavy atom. The predicted molar refractivity (Wildman–Crippen MR) is 130 cm³/mol. The van der Waals surface area contributed by atoms with Gasteiger partial charge >= 0.3 is 0 Å². The summed E-state index contributed by atoms with van der Waals surface area (Å²) in [5, 5.41) is 9.52. The zero-order chi connectivity index (χ0) is 23.4. The van der Waals surface area contributed by atoms with E-state index in [1.54, 1.807) is 17.0 Å². The van der Waals surface area contributed by atoms with E-state index in [0.29, 0.717) is 28.9 Å². The molecule has 8 heteroatoms. The first-order chi connectivity index (χ1) is 17.3. The Balaban J connectivity index is 1.50. The van der Waals surface area contributed by atoms with Crippen LogP contribution < -0.4 is 4.74 Å². The molecule has 1 aliphatic heterocycles. The molecule has 0 aliphatic carbocycles. The van der Waals surface area contributed by atoms with Crippen molar-refractivity contribution in [1.82, 2.24) is 34.3 Å². The number of benzene rings is 2. The Morgan fingerprint density at radius 3 is 2.34 bits per heavy atom. The molecule has 0 saturated carbocycles. The van der Waals surface area contributed by atoms with Gasteiger partial charge < -0.3 is 4.74 Å². The zero-order valence-corrected chi connectivity index (χ0v) is 18.8. The van der Waals surface area contributed by atoms with Crippen molar-refractivity contribution in [3.8, 4) is 29.0 Å². The van der Waals surface area contributed by atoms with Crippen molar-refractivity contribution in [3.63, 3.8) is 0 Å². The van der Waals surface area contributed by atoms with Crippen LogP contribution >= 0.6 is 0 Å². The Labute approximate surface area is 200 Å². The van der Waals surface area contributed by atoms with E-state index < -0.39 is 0 Å². The van der Waals surface area contributed by atoms with Gasteiger partial charge in [-0.05, 0) is 36.8 Å². The van der Waals surface area contributed by atoms with E-state index in [4.69, 9.17) is 14.8 Å². The van der Waals surface area contributed by atoms with Crippen LogP contribution in [0.1, 0.15) is 28.3 Å². The molecule has 0 N–H and O–H groups in total. The van der Waals surface area contributed by atoms with Gasteiger partial charge in [0.25, 0.3) is 0 Å². The van der Waals surface area contributed by atoms with Crippen LogP contribution in [0.15, 0.2) is 91.4 Å². The third-order valence-corrected chi connectivity index (χ3v) is 6.25. The smallest absolute Gasteiger partial charge is 0.230 e. The summed E-state index contributed by atoms with van der Waals surface area (Å²) in [4.78, 5) is 13.9. The van der Waals surface area contributed by atoms with Gasteiger partial charge in [0.1, 0.15) is 12.0 Å². The van der Waals surface area contributed by atoms with Crippen LogP contribution in [0.2, 0.25) is 0 Å². The van der Waals surface area contributed by atoms with Gasteiger partial charge in [0.15, 0.2) is 5.65 Å². The molecule has 7 rings (SSSR count). The van der Waals surface area contributed by atoms with Crippen molar-refractivity contribution in [3.05, 3.63) is 114 Å². The Hall–Kier alpha value is -4.85. The number of fused-ring (bicyclic) bond motifs is 4. The van der Waals surface area contributed by atoms with E-state index in [0.717, 1.165) is 28.1 Å². The topological polar surface area (TPSA) is 83.0 Å². The Bertz CT molecular complexity index is 1680. The van der Waals surface area contributed by atoms with E-state index >= 15 is 0 Å². The minimum Gasteiger partial charge on any atom is -0.420 e. The van der Waals surface area contributed by atoms with Gasteiger partial charge in [-0.2, -0.15) is 5.10 Å². The van der Waals surface area contributed by atoms with Gasteiger partial charge in [-0.3, -0.25) is 4.98 Å². The maximum absolute atomic E-state index is 6.45. The van der Waals surface area contributed by atoms with E-state index in [1.807, 2.05) is 78.3 Å². The van der Waals surface area contributed by atoms with Crippen LogP contribution in [0.5, 0.6) is 11.8 Å². The van der Waals surface area contributed by atoms with Crippen molar-refractivity contribution in [2.75, 3.05) is 0 Å². The average molecular weight is 457 g/mol. The van der Waals surface area contributed by atoms with Crippen molar-refractivity contribution in [2.45, 2.75) is 12.8 Å². The van der Waals surface area contributed by atoms with Crippen LogP contribution in [0, 0.1) is 6.92 Å². The number of pyridine rings is 1. The fraction of sp³-hybridized carbons (Fsp3) is 0.0741. The number of hydrogen-bond donors (Lipinski definition) is 0. The number of para-hydroxylation sites is 1. The molecule has 1 aliphatic rings. The minimum atomic E-state index is -0.176. The maximum Gasteiger partial charge on any atom is 0.230 e. The lowest BCUT2D eigenvalue weighted by Gasteiger charge is -2.26. The van der Waals surface area contributed by atoms with Crippen molar-refractivity contribution in [2.24, 2.45) is 0 Å². The van der Waals surface area contributed by atoms with Gasteiger partial charge in [-0.1, -0.05) is 54.6 Å². The van der Waals surface area contributed by atoms with Crippen LogP contribution in [0.25, 0.3) is 22.9 Å². The molecule has 4 aromatic heterocycles. The molecular formula is C27H19N7O. The summed E-state index contributed by atoms with van der Waals surface area (Å²) in [5.74, 6) is 1.52. The molecule has 0 bridgehead atoms. The van der Waals surface area contributed by atoms with Crippen LogP contribution in [0.3, 0.4) is 0 Å². The highest BCUT2D eigenvalue weighted by atomic mass is 16.5. The normalized spacial score (nSPS) is 14.4. The van der Waals surface area contributed by atoms with Gasteiger partial charge in [0.2, 0.25) is 17.6 Å². The molecule has 8 nitrogen and oxygen atoms in total. The van der Waals surface area contributed by atoms with Crippen molar-refractivity contribution < 1.29 is 4.74 Å². The summed E-state index contributed by atoms with van der Waals surface area (Å²) in [7, 11) is 0.